The standard InChI is InChI=1S/C15H27N3/c1-12(2)17-15(9-16)7-8-18(10-13-3-4-13)11-14-5-6-14/h12-15,17H,3-8,10-11H2,1-2H3. The van der Waals surface area contributed by atoms with Crippen LogP contribution in [0.15, 0.2) is 0 Å². The maximum absolute atomic E-state index is 9.15. The zero-order valence-corrected chi connectivity index (χ0v) is 11.9. The van der Waals surface area contributed by atoms with E-state index in [0.717, 1.165) is 24.8 Å². The van der Waals surface area contributed by atoms with Crippen molar-refractivity contribution in [3.05, 3.63) is 0 Å². The summed E-state index contributed by atoms with van der Waals surface area (Å²) in [7, 11) is 0. The van der Waals surface area contributed by atoms with Gasteiger partial charge in [0.1, 0.15) is 0 Å². The van der Waals surface area contributed by atoms with Gasteiger partial charge in [-0.2, -0.15) is 5.26 Å². The fourth-order valence-electron chi connectivity index (χ4n) is 2.49. The maximum atomic E-state index is 9.15. The van der Waals surface area contributed by atoms with E-state index in [1.54, 1.807) is 0 Å². The fourth-order valence-corrected chi connectivity index (χ4v) is 2.49. The molecule has 2 aliphatic carbocycles. The highest BCUT2D eigenvalue weighted by molar-refractivity contribution is 4.92. The lowest BCUT2D eigenvalue weighted by atomic mass is 10.2. The quantitative estimate of drug-likeness (QED) is 0.682. The molecule has 0 spiro atoms. The lowest BCUT2D eigenvalue weighted by molar-refractivity contribution is 0.242. The minimum absolute atomic E-state index is 0.0194. The second kappa shape index (κ2) is 6.54. The lowest BCUT2D eigenvalue weighted by Crippen LogP contribution is -2.38. The topological polar surface area (TPSA) is 39.1 Å². The van der Waals surface area contributed by atoms with Gasteiger partial charge >= 0.3 is 0 Å². The van der Waals surface area contributed by atoms with Crippen LogP contribution >= 0.6 is 0 Å². The predicted octanol–water partition coefficient (Wildman–Crippen LogP) is 2.39. The molecule has 0 radical (unpaired) electrons. The Morgan fingerprint density at radius 1 is 1.17 bits per heavy atom. The summed E-state index contributed by atoms with van der Waals surface area (Å²) in [6, 6.07) is 2.81. The van der Waals surface area contributed by atoms with Crippen LogP contribution in [0.3, 0.4) is 0 Å². The highest BCUT2D eigenvalue weighted by Crippen LogP contribution is 2.33. The van der Waals surface area contributed by atoms with Crippen LogP contribution in [-0.4, -0.2) is 36.6 Å². The number of rotatable bonds is 9. The first-order chi connectivity index (χ1) is 8.67. The molecule has 2 fully saturated rings. The second-order valence-corrected chi connectivity index (χ2v) is 6.44. The summed E-state index contributed by atoms with van der Waals surface area (Å²) in [5.74, 6) is 1.92. The Bertz CT molecular complexity index is 273. The molecule has 1 unspecified atom stereocenters. The van der Waals surface area contributed by atoms with E-state index in [9.17, 15) is 0 Å². The number of nitrogens with zero attached hydrogens (tertiary/aromatic N) is 2. The molecule has 3 nitrogen and oxygen atoms in total. The van der Waals surface area contributed by atoms with Gasteiger partial charge in [-0.25, -0.2) is 0 Å². The van der Waals surface area contributed by atoms with Crippen LogP contribution in [-0.2, 0) is 0 Å². The molecule has 18 heavy (non-hydrogen) atoms. The third-order valence-electron chi connectivity index (χ3n) is 3.85. The largest absolute Gasteiger partial charge is 0.303 e. The van der Waals surface area contributed by atoms with Crippen molar-refractivity contribution in [1.29, 1.82) is 5.26 Å². The smallest absolute Gasteiger partial charge is 0.0967 e. The molecular weight excluding hydrogens is 222 g/mol. The highest BCUT2D eigenvalue weighted by atomic mass is 15.1. The van der Waals surface area contributed by atoms with E-state index >= 15 is 0 Å². The van der Waals surface area contributed by atoms with Gasteiger partial charge in [-0.15, -0.1) is 0 Å². The molecule has 2 saturated carbocycles. The first kappa shape index (κ1) is 13.8. The van der Waals surface area contributed by atoms with Crippen LogP contribution < -0.4 is 5.32 Å². The number of hydrogen-bond acceptors (Lipinski definition) is 3. The van der Waals surface area contributed by atoms with Crippen molar-refractivity contribution in [3.8, 4) is 6.07 Å². The summed E-state index contributed by atoms with van der Waals surface area (Å²) in [6.45, 7) is 7.85. The van der Waals surface area contributed by atoms with Crippen molar-refractivity contribution in [2.75, 3.05) is 19.6 Å². The molecule has 0 aromatic heterocycles. The first-order valence-corrected chi connectivity index (χ1v) is 7.55. The molecule has 1 N–H and O–H groups in total. The molecule has 0 heterocycles. The number of hydrogen-bond donors (Lipinski definition) is 1. The van der Waals surface area contributed by atoms with Gasteiger partial charge in [0.25, 0.3) is 0 Å². The van der Waals surface area contributed by atoms with Gasteiger partial charge < -0.3 is 4.90 Å². The van der Waals surface area contributed by atoms with Gasteiger partial charge in [0.05, 0.1) is 12.1 Å². The van der Waals surface area contributed by atoms with E-state index in [2.05, 4.69) is 30.1 Å². The van der Waals surface area contributed by atoms with E-state index in [0.29, 0.717) is 6.04 Å². The molecular formula is C15H27N3. The van der Waals surface area contributed by atoms with Crippen LogP contribution in [0.4, 0.5) is 0 Å². The van der Waals surface area contributed by atoms with E-state index in [-0.39, 0.29) is 6.04 Å². The van der Waals surface area contributed by atoms with E-state index in [1.165, 1.54) is 38.8 Å². The lowest BCUT2D eigenvalue weighted by Gasteiger charge is -2.24. The molecule has 0 saturated heterocycles. The Morgan fingerprint density at radius 3 is 2.11 bits per heavy atom. The van der Waals surface area contributed by atoms with Crippen molar-refractivity contribution >= 4 is 0 Å². The minimum atomic E-state index is 0.0194. The van der Waals surface area contributed by atoms with Crippen molar-refractivity contribution < 1.29 is 0 Å². The van der Waals surface area contributed by atoms with Crippen molar-refractivity contribution in [2.24, 2.45) is 11.8 Å². The number of nitrogens with one attached hydrogen (secondary N) is 1. The first-order valence-electron chi connectivity index (χ1n) is 7.55. The van der Waals surface area contributed by atoms with Gasteiger partial charge in [0.15, 0.2) is 0 Å². The van der Waals surface area contributed by atoms with Crippen LogP contribution in [0.25, 0.3) is 0 Å². The van der Waals surface area contributed by atoms with Gasteiger partial charge in [-0.1, -0.05) is 0 Å². The van der Waals surface area contributed by atoms with Crippen molar-refractivity contribution in [3.63, 3.8) is 0 Å². The summed E-state index contributed by atoms with van der Waals surface area (Å²) in [6.07, 6.45) is 6.66. The Labute approximate surface area is 112 Å². The Hall–Kier alpha value is -0.590. The van der Waals surface area contributed by atoms with Crippen LogP contribution in [0.1, 0.15) is 46.0 Å². The van der Waals surface area contributed by atoms with Gasteiger partial charge in [0, 0.05) is 25.7 Å². The summed E-state index contributed by atoms with van der Waals surface area (Å²) in [4.78, 5) is 2.61. The Morgan fingerprint density at radius 2 is 1.72 bits per heavy atom. The monoisotopic (exact) mass is 249 g/mol. The second-order valence-electron chi connectivity index (χ2n) is 6.44. The Balaban J connectivity index is 1.70. The van der Waals surface area contributed by atoms with Crippen LogP contribution in [0.5, 0.6) is 0 Å². The molecule has 0 aromatic rings. The summed E-state index contributed by atoms with van der Waals surface area (Å²) in [5.41, 5.74) is 0. The molecule has 1 atom stereocenters. The van der Waals surface area contributed by atoms with Gasteiger partial charge in [-0.05, 0) is 57.8 Å². The predicted molar refractivity (Wildman–Crippen MR) is 74.2 cm³/mol. The molecule has 2 rings (SSSR count). The third-order valence-corrected chi connectivity index (χ3v) is 3.85. The van der Waals surface area contributed by atoms with Crippen LogP contribution in [0, 0.1) is 23.2 Å². The van der Waals surface area contributed by atoms with Gasteiger partial charge in [-0.3, -0.25) is 5.32 Å². The average molecular weight is 249 g/mol. The molecule has 102 valence electrons. The highest BCUT2D eigenvalue weighted by Gasteiger charge is 2.29. The summed E-state index contributed by atoms with van der Waals surface area (Å²) >= 11 is 0. The average Bonchev–Trinajstić information content (AvgIpc) is 3.18. The van der Waals surface area contributed by atoms with E-state index in [1.807, 2.05) is 0 Å². The molecule has 2 aliphatic rings. The fraction of sp³-hybridized carbons (Fsp3) is 0.933. The molecule has 0 aliphatic heterocycles. The van der Waals surface area contributed by atoms with Crippen molar-refractivity contribution in [2.45, 2.75) is 58.0 Å². The van der Waals surface area contributed by atoms with E-state index < -0.39 is 0 Å². The zero-order chi connectivity index (χ0) is 13.0. The van der Waals surface area contributed by atoms with Crippen LogP contribution in [0.2, 0.25) is 0 Å². The molecule has 3 heteroatoms. The molecule has 0 aromatic carbocycles. The molecule has 0 amide bonds. The summed E-state index contributed by atoms with van der Waals surface area (Å²) < 4.78 is 0. The van der Waals surface area contributed by atoms with Gasteiger partial charge in [0.2, 0.25) is 0 Å². The zero-order valence-electron chi connectivity index (χ0n) is 11.9. The SMILES string of the molecule is CC(C)NC(C#N)CCN(CC1CC1)CC1CC1. The molecule has 0 bridgehead atoms. The minimum Gasteiger partial charge on any atom is -0.303 e. The summed E-state index contributed by atoms with van der Waals surface area (Å²) in [5, 5.41) is 12.5. The number of nitriles is 1. The van der Waals surface area contributed by atoms with E-state index in [4.69, 9.17) is 5.26 Å². The Kier molecular flexibility index (Phi) is 5.03. The van der Waals surface area contributed by atoms with Crippen molar-refractivity contribution in [1.82, 2.24) is 10.2 Å². The normalized spacial score (nSPS) is 21.3. The maximum Gasteiger partial charge on any atom is 0.0967 e. The third kappa shape index (κ3) is 5.37.